The fourth-order valence-electron chi connectivity index (χ4n) is 4.66. The van der Waals surface area contributed by atoms with E-state index in [1.165, 1.54) is 49.0 Å². The van der Waals surface area contributed by atoms with Crippen LogP contribution < -0.4 is 0 Å². The first kappa shape index (κ1) is 25.6. The van der Waals surface area contributed by atoms with Gasteiger partial charge in [0.05, 0.1) is 18.0 Å². The highest BCUT2D eigenvalue weighted by molar-refractivity contribution is 7.17. The number of hydrogen-bond acceptors (Lipinski definition) is 6. The molecule has 1 aromatic carbocycles. The van der Waals surface area contributed by atoms with E-state index >= 15 is 0 Å². The Kier molecular flexibility index (Phi) is 8.15. The maximum atomic E-state index is 12.8. The molecule has 0 radical (unpaired) electrons. The lowest BCUT2D eigenvalue weighted by Crippen LogP contribution is -2.05. The van der Waals surface area contributed by atoms with Gasteiger partial charge in [0.2, 0.25) is 0 Å². The van der Waals surface area contributed by atoms with Crippen molar-refractivity contribution in [1.82, 2.24) is 14.4 Å². The largest absolute Gasteiger partial charge is 0.481 e. The third-order valence-electron chi connectivity index (χ3n) is 6.23. The summed E-state index contributed by atoms with van der Waals surface area (Å²) in [7, 11) is 0. The molecule has 1 saturated carbocycles. The van der Waals surface area contributed by atoms with Crippen molar-refractivity contribution in [2.45, 2.75) is 58.8 Å². The average molecular weight is 506 g/mol. The predicted octanol–water partition coefficient (Wildman–Crippen LogP) is 6.75. The number of carboxylic acids is 1. The Hall–Kier alpha value is -3.52. The number of fused-ring (bicyclic) bond motifs is 1. The molecule has 1 aliphatic rings. The first-order chi connectivity index (χ1) is 17.4. The zero-order chi connectivity index (χ0) is 25.7. The molecular formula is C28H31N3O4S. The smallest absolute Gasteiger partial charge is 0.350 e. The van der Waals surface area contributed by atoms with Crippen molar-refractivity contribution in [2.75, 3.05) is 6.61 Å². The van der Waals surface area contributed by atoms with Crippen LogP contribution in [0.15, 0.2) is 48.7 Å². The standard InChI is InChI=1S/C26H27N3O2S.C2H4O2/c1-3-31-26(30)24-22(19-12-8-5-9-13-19)28-25(32-24)23-17(2)27-21-15-14-20(16-29(21)23)18-10-6-4-7-11-18;1-2(3)4/h5,8-9,12-16,18H,3-4,6-7,10-11H2,1-2H3;1H3,(H,3,4). The highest BCUT2D eigenvalue weighted by Crippen LogP contribution is 2.37. The van der Waals surface area contributed by atoms with Gasteiger partial charge in [-0.2, -0.15) is 0 Å². The van der Waals surface area contributed by atoms with Crippen molar-refractivity contribution in [3.05, 3.63) is 64.8 Å². The van der Waals surface area contributed by atoms with Gasteiger partial charge in [-0.1, -0.05) is 55.7 Å². The highest BCUT2D eigenvalue weighted by Gasteiger charge is 2.25. The van der Waals surface area contributed by atoms with Gasteiger partial charge in [0, 0.05) is 18.7 Å². The number of ether oxygens (including phenoxy) is 1. The van der Waals surface area contributed by atoms with E-state index < -0.39 is 5.97 Å². The summed E-state index contributed by atoms with van der Waals surface area (Å²) in [6.07, 6.45) is 8.66. The minimum Gasteiger partial charge on any atom is -0.481 e. The summed E-state index contributed by atoms with van der Waals surface area (Å²) >= 11 is 1.38. The Balaban J connectivity index is 0.000000709. The van der Waals surface area contributed by atoms with Crippen LogP contribution in [-0.4, -0.2) is 38.0 Å². The molecule has 0 saturated heterocycles. The lowest BCUT2D eigenvalue weighted by atomic mass is 9.85. The number of nitrogens with zero attached hydrogens (tertiary/aromatic N) is 3. The van der Waals surface area contributed by atoms with Gasteiger partial charge in [-0.3, -0.25) is 9.20 Å². The SMILES string of the molecule is CC(=O)O.CCOC(=O)c1sc(-c2c(C)nc3ccc(C4CCCCC4)cn23)nc1-c1ccccc1. The molecular weight excluding hydrogens is 474 g/mol. The summed E-state index contributed by atoms with van der Waals surface area (Å²) in [6.45, 7) is 5.25. The number of rotatable bonds is 5. The summed E-state index contributed by atoms with van der Waals surface area (Å²) in [4.78, 5) is 32.0. The molecule has 188 valence electrons. The molecule has 0 aliphatic heterocycles. The molecule has 0 bridgehead atoms. The van der Waals surface area contributed by atoms with Gasteiger partial charge in [0.15, 0.2) is 0 Å². The molecule has 7 nitrogen and oxygen atoms in total. The van der Waals surface area contributed by atoms with E-state index in [-0.39, 0.29) is 5.97 Å². The second-order valence-corrected chi connectivity index (χ2v) is 9.87. The molecule has 0 spiro atoms. The van der Waals surface area contributed by atoms with Crippen LogP contribution in [0.3, 0.4) is 0 Å². The number of carboxylic acid groups (broad SMARTS) is 1. The number of benzene rings is 1. The van der Waals surface area contributed by atoms with Crippen LogP contribution in [0.4, 0.5) is 0 Å². The van der Waals surface area contributed by atoms with Crippen molar-refractivity contribution in [2.24, 2.45) is 0 Å². The van der Waals surface area contributed by atoms with Crippen molar-refractivity contribution >= 4 is 28.9 Å². The molecule has 1 N–H and O–H groups in total. The van der Waals surface area contributed by atoms with Crippen LogP contribution in [-0.2, 0) is 9.53 Å². The lowest BCUT2D eigenvalue weighted by Gasteiger charge is -2.22. The van der Waals surface area contributed by atoms with E-state index in [1.54, 1.807) is 0 Å². The van der Waals surface area contributed by atoms with Crippen LogP contribution in [0.25, 0.3) is 27.6 Å². The summed E-state index contributed by atoms with van der Waals surface area (Å²) in [5.41, 5.74) is 5.71. The monoisotopic (exact) mass is 505 g/mol. The number of pyridine rings is 1. The van der Waals surface area contributed by atoms with E-state index in [0.29, 0.717) is 23.1 Å². The first-order valence-electron chi connectivity index (χ1n) is 12.3. The van der Waals surface area contributed by atoms with Crippen LogP contribution >= 0.6 is 11.3 Å². The van der Waals surface area contributed by atoms with E-state index in [2.05, 4.69) is 22.7 Å². The molecule has 3 heterocycles. The summed E-state index contributed by atoms with van der Waals surface area (Å²) < 4.78 is 7.50. The van der Waals surface area contributed by atoms with E-state index in [9.17, 15) is 4.79 Å². The normalized spacial score (nSPS) is 13.8. The number of carbonyl (C=O) groups excluding carboxylic acids is 1. The van der Waals surface area contributed by atoms with Gasteiger partial charge in [-0.25, -0.2) is 14.8 Å². The lowest BCUT2D eigenvalue weighted by molar-refractivity contribution is -0.134. The maximum absolute atomic E-state index is 12.8. The number of thiazole rings is 1. The molecule has 0 unspecified atom stereocenters. The number of carbonyl (C=O) groups is 2. The number of aliphatic carboxylic acids is 1. The second kappa shape index (κ2) is 11.5. The van der Waals surface area contributed by atoms with E-state index in [0.717, 1.165) is 34.5 Å². The number of aryl methyl sites for hydroxylation is 1. The fourth-order valence-corrected chi connectivity index (χ4v) is 5.74. The Morgan fingerprint density at radius 1 is 1.08 bits per heavy atom. The molecule has 1 fully saturated rings. The van der Waals surface area contributed by atoms with Gasteiger partial charge in [0.25, 0.3) is 5.97 Å². The average Bonchev–Trinajstić information content (AvgIpc) is 3.45. The Labute approximate surface area is 214 Å². The fraction of sp³-hybridized carbons (Fsp3) is 0.357. The number of aromatic nitrogens is 3. The minimum atomic E-state index is -0.833. The van der Waals surface area contributed by atoms with Crippen LogP contribution in [0, 0.1) is 6.92 Å². The number of hydrogen-bond donors (Lipinski definition) is 1. The molecule has 4 aromatic rings. The zero-order valence-electron chi connectivity index (χ0n) is 20.9. The van der Waals surface area contributed by atoms with Gasteiger partial charge < -0.3 is 9.84 Å². The van der Waals surface area contributed by atoms with Crippen LogP contribution in [0.1, 0.15) is 72.8 Å². The third-order valence-corrected chi connectivity index (χ3v) is 7.27. The highest BCUT2D eigenvalue weighted by atomic mass is 32.1. The van der Waals surface area contributed by atoms with Gasteiger partial charge in [0.1, 0.15) is 21.2 Å². The third kappa shape index (κ3) is 5.65. The van der Waals surface area contributed by atoms with Crippen molar-refractivity contribution < 1.29 is 19.4 Å². The molecule has 36 heavy (non-hydrogen) atoms. The molecule has 0 atom stereocenters. The van der Waals surface area contributed by atoms with Gasteiger partial charge in [-0.05, 0) is 44.2 Å². The molecule has 5 rings (SSSR count). The van der Waals surface area contributed by atoms with Crippen molar-refractivity contribution in [3.8, 4) is 22.0 Å². The Morgan fingerprint density at radius 2 is 1.78 bits per heavy atom. The van der Waals surface area contributed by atoms with Gasteiger partial charge in [-0.15, -0.1) is 11.3 Å². The minimum absolute atomic E-state index is 0.329. The Morgan fingerprint density at radius 3 is 2.44 bits per heavy atom. The van der Waals surface area contributed by atoms with Crippen LogP contribution in [0.5, 0.6) is 0 Å². The number of imidazole rings is 1. The molecule has 0 amide bonds. The van der Waals surface area contributed by atoms with Gasteiger partial charge >= 0.3 is 5.97 Å². The Bertz CT molecular complexity index is 1350. The second-order valence-electron chi connectivity index (χ2n) is 8.87. The predicted molar refractivity (Wildman–Crippen MR) is 142 cm³/mol. The zero-order valence-corrected chi connectivity index (χ0v) is 21.7. The molecule has 3 aromatic heterocycles. The van der Waals surface area contributed by atoms with Crippen LogP contribution in [0.2, 0.25) is 0 Å². The van der Waals surface area contributed by atoms with Crippen molar-refractivity contribution in [1.29, 1.82) is 0 Å². The molecule has 1 aliphatic carbocycles. The van der Waals surface area contributed by atoms with E-state index in [4.69, 9.17) is 24.6 Å². The summed E-state index contributed by atoms with van der Waals surface area (Å²) in [5, 5.41) is 8.21. The van der Waals surface area contributed by atoms with E-state index in [1.807, 2.05) is 44.2 Å². The quantitative estimate of drug-likeness (QED) is 0.302. The van der Waals surface area contributed by atoms with Crippen molar-refractivity contribution in [3.63, 3.8) is 0 Å². The summed E-state index contributed by atoms with van der Waals surface area (Å²) in [5.74, 6) is -0.556. The maximum Gasteiger partial charge on any atom is 0.350 e. The topological polar surface area (TPSA) is 93.8 Å². The summed E-state index contributed by atoms with van der Waals surface area (Å²) in [6, 6.07) is 14.2. The molecule has 8 heteroatoms. The first-order valence-corrected chi connectivity index (χ1v) is 13.1. The number of esters is 1.